The molecule has 5 nitrogen and oxygen atoms in total. The minimum absolute atomic E-state index is 0.169. The number of nitrogens with one attached hydrogen (secondary N) is 1. The molecule has 0 aromatic heterocycles. The van der Waals surface area contributed by atoms with E-state index < -0.39 is 6.04 Å². The Kier molecular flexibility index (Phi) is 4.06. The third kappa shape index (κ3) is 2.86. The van der Waals surface area contributed by atoms with Crippen molar-refractivity contribution in [2.45, 2.75) is 18.9 Å². The standard InChI is InChI=1S/C15H21ClN4O/c1-19(6-7-20-4-2-3-5-20)13-9-12-10(8-11(13)16)14(17)15(21)18-12/h8-9,14H,2-7,17H2,1H3,(H,18,21). The molecule has 1 unspecified atom stereocenters. The first-order valence-electron chi connectivity index (χ1n) is 7.39. The molecule has 1 aromatic carbocycles. The highest BCUT2D eigenvalue weighted by Crippen LogP contribution is 2.37. The summed E-state index contributed by atoms with van der Waals surface area (Å²) in [4.78, 5) is 16.2. The van der Waals surface area contributed by atoms with Gasteiger partial charge in [0.1, 0.15) is 6.04 Å². The van der Waals surface area contributed by atoms with Gasteiger partial charge in [0.15, 0.2) is 0 Å². The zero-order chi connectivity index (χ0) is 15.0. The summed E-state index contributed by atoms with van der Waals surface area (Å²) < 4.78 is 0. The molecule has 1 fully saturated rings. The van der Waals surface area contributed by atoms with Gasteiger partial charge in [0, 0.05) is 31.4 Å². The highest BCUT2D eigenvalue weighted by Gasteiger charge is 2.28. The highest BCUT2D eigenvalue weighted by atomic mass is 35.5. The van der Waals surface area contributed by atoms with Crippen LogP contribution in [0.1, 0.15) is 24.4 Å². The first kappa shape index (κ1) is 14.6. The van der Waals surface area contributed by atoms with Crippen LogP contribution in [0.25, 0.3) is 0 Å². The average molecular weight is 309 g/mol. The number of nitrogens with zero attached hydrogens (tertiary/aromatic N) is 2. The summed E-state index contributed by atoms with van der Waals surface area (Å²) in [5.41, 5.74) is 8.33. The van der Waals surface area contributed by atoms with Crippen LogP contribution >= 0.6 is 11.6 Å². The van der Waals surface area contributed by atoms with E-state index >= 15 is 0 Å². The second kappa shape index (κ2) is 5.83. The van der Waals surface area contributed by atoms with Crippen LogP contribution in [0.3, 0.4) is 0 Å². The lowest BCUT2D eigenvalue weighted by Crippen LogP contribution is -2.31. The number of carbonyl (C=O) groups is 1. The molecule has 114 valence electrons. The first-order chi connectivity index (χ1) is 10.1. The van der Waals surface area contributed by atoms with E-state index in [9.17, 15) is 4.79 Å². The number of rotatable bonds is 4. The Labute approximate surface area is 130 Å². The number of hydrogen-bond acceptors (Lipinski definition) is 4. The Morgan fingerprint density at radius 2 is 2.14 bits per heavy atom. The summed E-state index contributed by atoms with van der Waals surface area (Å²) in [6.45, 7) is 4.33. The Hall–Kier alpha value is -1.30. The van der Waals surface area contributed by atoms with E-state index in [2.05, 4.69) is 15.1 Å². The molecule has 1 amide bonds. The van der Waals surface area contributed by atoms with Crippen molar-refractivity contribution >= 4 is 28.9 Å². The third-order valence-corrected chi connectivity index (χ3v) is 4.66. The number of halogens is 1. The molecule has 0 aliphatic carbocycles. The van der Waals surface area contributed by atoms with E-state index in [0.29, 0.717) is 5.02 Å². The van der Waals surface area contributed by atoms with Gasteiger partial charge in [-0.25, -0.2) is 0 Å². The van der Waals surface area contributed by atoms with Crippen molar-refractivity contribution in [1.29, 1.82) is 0 Å². The molecule has 2 heterocycles. The van der Waals surface area contributed by atoms with Crippen LogP contribution < -0.4 is 16.0 Å². The summed E-state index contributed by atoms with van der Waals surface area (Å²) >= 11 is 6.36. The van der Waals surface area contributed by atoms with Gasteiger partial charge in [-0.2, -0.15) is 0 Å². The minimum atomic E-state index is -0.610. The number of nitrogens with two attached hydrogens (primary N) is 1. The number of likely N-dealkylation sites (N-methyl/N-ethyl adjacent to an activating group) is 1. The Balaban J connectivity index is 1.73. The molecular weight excluding hydrogens is 288 g/mol. The van der Waals surface area contributed by atoms with Gasteiger partial charge in [0.25, 0.3) is 0 Å². The third-order valence-electron chi connectivity index (χ3n) is 4.36. The number of amides is 1. The van der Waals surface area contributed by atoms with Crippen molar-refractivity contribution in [3.63, 3.8) is 0 Å². The molecule has 2 aliphatic rings. The summed E-state index contributed by atoms with van der Waals surface area (Å²) in [6.07, 6.45) is 2.60. The van der Waals surface area contributed by atoms with E-state index in [1.54, 1.807) is 6.07 Å². The van der Waals surface area contributed by atoms with Gasteiger partial charge >= 0.3 is 0 Å². The molecule has 1 aromatic rings. The second-order valence-electron chi connectivity index (χ2n) is 5.83. The van der Waals surface area contributed by atoms with Crippen LogP contribution in [0.2, 0.25) is 5.02 Å². The van der Waals surface area contributed by atoms with Gasteiger partial charge in [-0.3, -0.25) is 4.79 Å². The molecule has 0 radical (unpaired) electrons. The lowest BCUT2D eigenvalue weighted by Gasteiger charge is -2.24. The fraction of sp³-hybridized carbons (Fsp3) is 0.533. The molecule has 3 N–H and O–H groups in total. The van der Waals surface area contributed by atoms with E-state index in [-0.39, 0.29) is 5.91 Å². The summed E-state index contributed by atoms with van der Waals surface area (Å²) in [5, 5.41) is 3.45. The fourth-order valence-corrected chi connectivity index (χ4v) is 3.32. The van der Waals surface area contributed by atoms with Crippen LogP contribution in [0.4, 0.5) is 11.4 Å². The monoisotopic (exact) mass is 308 g/mol. The van der Waals surface area contributed by atoms with E-state index in [0.717, 1.165) is 30.0 Å². The molecule has 6 heteroatoms. The van der Waals surface area contributed by atoms with Crippen molar-refractivity contribution < 1.29 is 4.79 Å². The quantitative estimate of drug-likeness (QED) is 0.891. The van der Waals surface area contributed by atoms with Crippen molar-refractivity contribution in [2.75, 3.05) is 43.4 Å². The molecule has 1 saturated heterocycles. The molecule has 21 heavy (non-hydrogen) atoms. The minimum Gasteiger partial charge on any atom is -0.372 e. The SMILES string of the molecule is CN(CCN1CCCC1)c1cc2c(cc1Cl)C(N)C(=O)N2. The Morgan fingerprint density at radius 1 is 1.43 bits per heavy atom. The van der Waals surface area contributed by atoms with Crippen molar-refractivity contribution in [3.8, 4) is 0 Å². The van der Waals surface area contributed by atoms with Gasteiger partial charge in [-0.15, -0.1) is 0 Å². The zero-order valence-electron chi connectivity index (χ0n) is 12.2. The summed E-state index contributed by atoms with van der Waals surface area (Å²) in [5.74, 6) is -0.169. The molecule has 2 aliphatic heterocycles. The number of likely N-dealkylation sites (tertiary alicyclic amines) is 1. The van der Waals surface area contributed by atoms with Gasteiger partial charge in [0.05, 0.1) is 10.7 Å². The molecule has 0 spiro atoms. The van der Waals surface area contributed by atoms with Crippen molar-refractivity contribution in [2.24, 2.45) is 5.73 Å². The maximum atomic E-state index is 11.6. The van der Waals surface area contributed by atoms with Gasteiger partial charge < -0.3 is 20.9 Å². The smallest absolute Gasteiger partial charge is 0.245 e. The maximum Gasteiger partial charge on any atom is 0.245 e. The van der Waals surface area contributed by atoms with E-state index in [1.807, 2.05) is 13.1 Å². The number of benzene rings is 1. The maximum absolute atomic E-state index is 11.6. The largest absolute Gasteiger partial charge is 0.372 e. The first-order valence-corrected chi connectivity index (χ1v) is 7.77. The normalized spacial score (nSPS) is 21.5. The number of anilines is 2. The van der Waals surface area contributed by atoms with Crippen LogP contribution in [0.5, 0.6) is 0 Å². The topological polar surface area (TPSA) is 61.6 Å². The van der Waals surface area contributed by atoms with Crippen molar-refractivity contribution in [3.05, 3.63) is 22.7 Å². The van der Waals surface area contributed by atoms with Crippen LogP contribution in [0.15, 0.2) is 12.1 Å². The molecular formula is C15H21ClN4O. The second-order valence-corrected chi connectivity index (χ2v) is 6.24. The molecule has 1 atom stereocenters. The predicted molar refractivity (Wildman–Crippen MR) is 86.0 cm³/mol. The van der Waals surface area contributed by atoms with Crippen LogP contribution in [-0.2, 0) is 4.79 Å². The Morgan fingerprint density at radius 3 is 2.86 bits per heavy atom. The molecule has 0 bridgehead atoms. The Bertz CT molecular complexity index is 557. The van der Waals surface area contributed by atoms with Gasteiger partial charge in [-0.1, -0.05) is 11.6 Å². The fourth-order valence-electron chi connectivity index (χ4n) is 3.01. The summed E-state index contributed by atoms with van der Waals surface area (Å²) in [7, 11) is 2.03. The average Bonchev–Trinajstić information content (AvgIpc) is 3.06. The van der Waals surface area contributed by atoms with E-state index in [1.165, 1.54) is 25.9 Å². The van der Waals surface area contributed by atoms with Gasteiger partial charge in [-0.05, 0) is 38.1 Å². The zero-order valence-corrected chi connectivity index (χ0v) is 13.0. The predicted octanol–water partition coefficient (Wildman–Crippen LogP) is 1.82. The van der Waals surface area contributed by atoms with Crippen LogP contribution in [-0.4, -0.2) is 44.0 Å². The van der Waals surface area contributed by atoms with Crippen molar-refractivity contribution in [1.82, 2.24) is 4.90 Å². The number of carbonyl (C=O) groups excluding carboxylic acids is 1. The lowest BCUT2D eigenvalue weighted by molar-refractivity contribution is -0.116. The number of hydrogen-bond donors (Lipinski definition) is 2. The van der Waals surface area contributed by atoms with Crippen LogP contribution in [0, 0.1) is 0 Å². The van der Waals surface area contributed by atoms with Gasteiger partial charge in [0.2, 0.25) is 5.91 Å². The molecule has 0 saturated carbocycles. The molecule has 3 rings (SSSR count). The van der Waals surface area contributed by atoms with E-state index in [4.69, 9.17) is 17.3 Å². The summed E-state index contributed by atoms with van der Waals surface area (Å²) in [6, 6.07) is 3.12. The lowest BCUT2D eigenvalue weighted by atomic mass is 10.1. The highest BCUT2D eigenvalue weighted by molar-refractivity contribution is 6.33. The number of fused-ring (bicyclic) bond motifs is 1.